The normalized spacial score (nSPS) is 11.8. The summed E-state index contributed by atoms with van der Waals surface area (Å²) < 4.78 is 1.87. The summed E-state index contributed by atoms with van der Waals surface area (Å²) in [5, 5.41) is 1.96. The molecule has 0 spiro atoms. The van der Waals surface area contributed by atoms with Gasteiger partial charge in [0.15, 0.2) is 0 Å². The van der Waals surface area contributed by atoms with Crippen LogP contribution < -0.4 is 10.6 Å². The van der Waals surface area contributed by atoms with E-state index < -0.39 is 0 Å². The van der Waals surface area contributed by atoms with Crippen molar-refractivity contribution in [3.63, 3.8) is 0 Å². The monoisotopic (exact) mass is 304 g/mol. The molecular weight excluding hydrogens is 280 g/mol. The minimum Gasteiger partial charge on any atom is -0.330 e. The lowest BCUT2D eigenvalue weighted by Gasteiger charge is -2.19. The van der Waals surface area contributed by atoms with Gasteiger partial charge in [-0.15, -0.1) is 0 Å². The lowest BCUT2D eigenvalue weighted by molar-refractivity contribution is 0.590. The van der Waals surface area contributed by atoms with Crippen LogP contribution in [-0.2, 0) is 12.0 Å². The summed E-state index contributed by atoms with van der Waals surface area (Å²) >= 11 is 1.27. The first-order valence-corrected chi connectivity index (χ1v) is 8.31. The molecule has 114 valence electrons. The molecule has 0 unspecified atom stereocenters. The van der Waals surface area contributed by atoms with Gasteiger partial charge in [-0.1, -0.05) is 56.4 Å². The summed E-state index contributed by atoms with van der Waals surface area (Å²) in [5.74, 6) is 0. The molecule has 0 aliphatic rings. The number of hydrogen-bond donors (Lipinski definition) is 1. The third-order valence-electron chi connectivity index (χ3n) is 3.67. The summed E-state index contributed by atoms with van der Waals surface area (Å²) in [6.45, 7) is 8.03. The average molecular weight is 304 g/mol. The number of aromatic nitrogens is 1. The highest BCUT2D eigenvalue weighted by atomic mass is 32.1. The van der Waals surface area contributed by atoms with Crippen molar-refractivity contribution in [1.82, 2.24) is 4.57 Å². The highest BCUT2D eigenvalue weighted by molar-refractivity contribution is 7.07. The van der Waals surface area contributed by atoms with Crippen LogP contribution in [0.25, 0.3) is 11.3 Å². The fourth-order valence-corrected chi connectivity index (χ4v) is 3.12. The summed E-state index contributed by atoms with van der Waals surface area (Å²) in [4.78, 5) is 12.1. The van der Waals surface area contributed by atoms with Crippen molar-refractivity contribution in [1.29, 1.82) is 0 Å². The molecular formula is C17H24N2OS. The predicted octanol–water partition coefficient (Wildman–Crippen LogP) is 3.61. The van der Waals surface area contributed by atoms with Crippen LogP contribution >= 0.6 is 11.3 Å². The molecule has 0 amide bonds. The van der Waals surface area contributed by atoms with Gasteiger partial charge in [-0.05, 0) is 35.9 Å². The highest BCUT2D eigenvalue weighted by Crippen LogP contribution is 2.26. The molecule has 0 aliphatic heterocycles. The van der Waals surface area contributed by atoms with Crippen LogP contribution in [0.3, 0.4) is 0 Å². The van der Waals surface area contributed by atoms with Gasteiger partial charge in [0.05, 0.1) is 5.69 Å². The number of thiazole rings is 1. The van der Waals surface area contributed by atoms with Crippen molar-refractivity contribution in [3.05, 3.63) is 44.9 Å². The van der Waals surface area contributed by atoms with Gasteiger partial charge >= 0.3 is 4.87 Å². The van der Waals surface area contributed by atoms with Crippen LogP contribution in [0.5, 0.6) is 0 Å². The molecule has 1 heterocycles. The first kappa shape index (κ1) is 16.0. The van der Waals surface area contributed by atoms with Gasteiger partial charge in [0.2, 0.25) is 0 Å². The van der Waals surface area contributed by atoms with E-state index in [-0.39, 0.29) is 10.3 Å². The summed E-state index contributed by atoms with van der Waals surface area (Å²) in [7, 11) is 0. The van der Waals surface area contributed by atoms with Gasteiger partial charge in [0, 0.05) is 11.9 Å². The van der Waals surface area contributed by atoms with Gasteiger partial charge < -0.3 is 5.73 Å². The zero-order valence-electron chi connectivity index (χ0n) is 13.1. The Hall–Kier alpha value is -1.39. The SMILES string of the molecule is CC(C)(C)c1ccc(-c2csc(=O)n2CCCCN)cc1. The van der Waals surface area contributed by atoms with E-state index in [1.165, 1.54) is 16.9 Å². The largest absolute Gasteiger partial charge is 0.330 e. The zero-order chi connectivity index (χ0) is 15.5. The van der Waals surface area contributed by atoms with Crippen molar-refractivity contribution in [2.45, 2.75) is 45.6 Å². The second kappa shape index (κ2) is 6.58. The maximum Gasteiger partial charge on any atom is 0.307 e. The van der Waals surface area contributed by atoms with E-state index in [4.69, 9.17) is 5.73 Å². The number of nitrogens with two attached hydrogens (primary N) is 1. The zero-order valence-corrected chi connectivity index (χ0v) is 13.9. The molecule has 2 N–H and O–H groups in total. The van der Waals surface area contributed by atoms with Crippen molar-refractivity contribution >= 4 is 11.3 Å². The molecule has 21 heavy (non-hydrogen) atoms. The molecule has 1 aromatic carbocycles. The fourth-order valence-electron chi connectivity index (χ4n) is 2.32. The number of unbranched alkanes of at least 4 members (excludes halogenated alkanes) is 1. The van der Waals surface area contributed by atoms with E-state index in [0.717, 1.165) is 30.6 Å². The van der Waals surface area contributed by atoms with Gasteiger partial charge in [0.25, 0.3) is 0 Å². The van der Waals surface area contributed by atoms with Crippen LogP contribution in [0.4, 0.5) is 0 Å². The first-order valence-electron chi connectivity index (χ1n) is 7.43. The van der Waals surface area contributed by atoms with Crippen LogP contribution in [-0.4, -0.2) is 11.1 Å². The molecule has 2 aromatic rings. The quantitative estimate of drug-likeness (QED) is 0.858. The molecule has 1 aromatic heterocycles. The fraction of sp³-hybridized carbons (Fsp3) is 0.471. The number of hydrogen-bond acceptors (Lipinski definition) is 3. The van der Waals surface area contributed by atoms with Crippen LogP contribution in [0.2, 0.25) is 0 Å². The van der Waals surface area contributed by atoms with E-state index in [1.807, 2.05) is 9.95 Å². The van der Waals surface area contributed by atoms with Crippen molar-refractivity contribution < 1.29 is 0 Å². The third-order valence-corrected chi connectivity index (χ3v) is 4.43. The Kier molecular flexibility index (Phi) is 5.01. The van der Waals surface area contributed by atoms with E-state index in [9.17, 15) is 4.79 Å². The molecule has 0 aliphatic carbocycles. The van der Waals surface area contributed by atoms with Crippen molar-refractivity contribution in [2.75, 3.05) is 6.54 Å². The van der Waals surface area contributed by atoms with Gasteiger partial charge in [-0.3, -0.25) is 9.36 Å². The topological polar surface area (TPSA) is 48.0 Å². The molecule has 0 radical (unpaired) electrons. The second-order valence-corrected chi connectivity index (χ2v) is 7.18. The first-order chi connectivity index (χ1) is 9.93. The average Bonchev–Trinajstić information content (AvgIpc) is 2.80. The van der Waals surface area contributed by atoms with Crippen molar-refractivity contribution in [3.8, 4) is 11.3 Å². The minimum absolute atomic E-state index is 0.113. The predicted molar refractivity (Wildman–Crippen MR) is 91.0 cm³/mol. The lowest BCUT2D eigenvalue weighted by Crippen LogP contribution is -2.15. The molecule has 2 rings (SSSR count). The van der Waals surface area contributed by atoms with Crippen molar-refractivity contribution in [2.24, 2.45) is 5.73 Å². The highest BCUT2D eigenvalue weighted by Gasteiger charge is 2.14. The van der Waals surface area contributed by atoms with E-state index in [1.54, 1.807) is 0 Å². The Bertz CT molecular complexity index is 632. The number of nitrogens with zero attached hydrogens (tertiary/aromatic N) is 1. The standard InChI is InChI=1S/C17H24N2OS/c1-17(2,3)14-8-6-13(7-9-14)15-12-21-16(20)19(15)11-5-4-10-18/h6-9,12H,4-5,10-11,18H2,1-3H3. The maximum atomic E-state index is 12.0. The maximum absolute atomic E-state index is 12.0. The molecule has 0 bridgehead atoms. The molecule has 0 saturated carbocycles. The minimum atomic E-state index is 0.113. The van der Waals surface area contributed by atoms with E-state index >= 15 is 0 Å². The Morgan fingerprint density at radius 2 is 1.81 bits per heavy atom. The molecule has 4 heteroatoms. The summed E-state index contributed by atoms with van der Waals surface area (Å²) in [6.07, 6.45) is 1.89. The van der Waals surface area contributed by atoms with E-state index in [2.05, 4.69) is 45.0 Å². The second-order valence-electron chi connectivity index (χ2n) is 6.36. The Morgan fingerprint density at radius 3 is 2.38 bits per heavy atom. The Morgan fingerprint density at radius 1 is 1.14 bits per heavy atom. The molecule has 3 nitrogen and oxygen atoms in total. The van der Waals surface area contributed by atoms with Gasteiger partial charge in [-0.2, -0.15) is 0 Å². The number of benzene rings is 1. The molecule has 0 fully saturated rings. The van der Waals surface area contributed by atoms with Crippen LogP contribution in [0.1, 0.15) is 39.2 Å². The third kappa shape index (κ3) is 3.83. The summed E-state index contributed by atoms with van der Waals surface area (Å²) in [5.41, 5.74) is 9.10. The van der Waals surface area contributed by atoms with Crippen LogP contribution in [0, 0.1) is 0 Å². The molecule has 0 atom stereocenters. The van der Waals surface area contributed by atoms with Gasteiger partial charge in [-0.25, -0.2) is 0 Å². The lowest BCUT2D eigenvalue weighted by atomic mass is 9.86. The smallest absolute Gasteiger partial charge is 0.307 e. The Labute approximate surface area is 130 Å². The van der Waals surface area contributed by atoms with E-state index in [0.29, 0.717) is 6.54 Å². The number of rotatable bonds is 5. The molecule has 0 saturated heterocycles. The summed E-state index contributed by atoms with van der Waals surface area (Å²) in [6, 6.07) is 8.53. The van der Waals surface area contributed by atoms with Crippen LogP contribution in [0.15, 0.2) is 34.4 Å². The van der Waals surface area contributed by atoms with Gasteiger partial charge in [0.1, 0.15) is 0 Å². The Balaban J connectivity index is 2.28.